The van der Waals surface area contributed by atoms with Crippen molar-refractivity contribution in [3.8, 4) is 11.8 Å². The van der Waals surface area contributed by atoms with Crippen molar-refractivity contribution in [2.45, 2.75) is 38.3 Å². The minimum atomic E-state index is -4.52. The molecular formula is C19H17F3O5. The molecule has 1 aliphatic heterocycles. The molecule has 0 fully saturated rings. The number of carbonyl (C=O) groups excluding carboxylic acids is 2. The van der Waals surface area contributed by atoms with Crippen molar-refractivity contribution in [1.29, 1.82) is 0 Å². The lowest BCUT2D eigenvalue weighted by molar-refractivity contribution is -0.161. The summed E-state index contributed by atoms with van der Waals surface area (Å²) in [7, 11) is 0. The van der Waals surface area contributed by atoms with E-state index in [0.29, 0.717) is 0 Å². The van der Waals surface area contributed by atoms with Gasteiger partial charge in [-0.05, 0) is 24.3 Å². The summed E-state index contributed by atoms with van der Waals surface area (Å²) in [5, 5.41) is 0. The van der Waals surface area contributed by atoms with Gasteiger partial charge < -0.3 is 14.2 Å². The van der Waals surface area contributed by atoms with Crippen molar-refractivity contribution in [3.63, 3.8) is 0 Å². The molecule has 144 valence electrons. The summed E-state index contributed by atoms with van der Waals surface area (Å²) in [6.07, 6.45) is -4.00. The molecule has 0 saturated carbocycles. The number of alkyl halides is 3. The fraction of sp³-hybridized carbons (Fsp3) is 0.368. The first-order valence-electron chi connectivity index (χ1n) is 7.99. The Morgan fingerprint density at radius 1 is 1.15 bits per heavy atom. The molecule has 0 N–H and O–H groups in total. The van der Waals surface area contributed by atoms with Gasteiger partial charge in [0, 0.05) is 19.4 Å². The number of hydrogen-bond donors (Lipinski definition) is 0. The second-order valence-corrected chi connectivity index (χ2v) is 5.67. The fourth-order valence-corrected chi connectivity index (χ4v) is 2.36. The van der Waals surface area contributed by atoms with Crippen LogP contribution in [0.3, 0.4) is 0 Å². The molecule has 27 heavy (non-hydrogen) atoms. The number of ether oxygens (including phenoxy) is 3. The van der Waals surface area contributed by atoms with E-state index in [2.05, 4.69) is 11.8 Å². The van der Waals surface area contributed by atoms with E-state index in [1.807, 2.05) is 0 Å². The van der Waals surface area contributed by atoms with Gasteiger partial charge in [0.2, 0.25) is 0 Å². The second kappa shape index (κ2) is 8.73. The first-order chi connectivity index (χ1) is 12.7. The predicted octanol–water partition coefficient (Wildman–Crippen LogP) is 2.88. The van der Waals surface area contributed by atoms with E-state index in [-0.39, 0.29) is 12.2 Å². The van der Waals surface area contributed by atoms with Crippen LogP contribution in [0, 0.1) is 11.8 Å². The van der Waals surface area contributed by atoms with E-state index in [4.69, 9.17) is 14.2 Å². The minimum Gasteiger partial charge on any atom is -0.463 e. The maximum atomic E-state index is 13.0. The standard InChI is InChI=1S/C19H17F3O5/c1-12(23)25-11-18-17(26-13(2)24)10-9-15(27-18)8-7-14-5-3-4-6-16(14)19(20,21)22/h3-6,9-10,15,17-18H,11H2,1-2H3/t15-,17+,18-/m1/s1. The highest BCUT2D eigenvalue weighted by Crippen LogP contribution is 2.31. The zero-order valence-electron chi connectivity index (χ0n) is 14.6. The smallest absolute Gasteiger partial charge is 0.417 e. The molecule has 1 aromatic rings. The topological polar surface area (TPSA) is 61.8 Å². The van der Waals surface area contributed by atoms with Crippen LogP contribution in [0.1, 0.15) is 25.0 Å². The average Bonchev–Trinajstić information content (AvgIpc) is 2.58. The van der Waals surface area contributed by atoms with Crippen LogP contribution in [-0.4, -0.2) is 36.9 Å². The lowest BCUT2D eigenvalue weighted by atomic mass is 10.1. The number of hydrogen-bond acceptors (Lipinski definition) is 5. The Bertz CT molecular complexity index is 789. The van der Waals surface area contributed by atoms with Crippen LogP contribution < -0.4 is 0 Å². The molecule has 1 aromatic carbocycles. The molecule has 0 unspecified atom stereocenters. The average molecular weight is 382 g/mol. The SMILES string of the molecule is CC(=O)OC[C@H]1O[C@H](C#Cc2ccccc2C(F)(F)F)C=C[C@@H]1OC(C)=O. The lowest BCUT2D eigenvalue weighted by Gasteiger charge is -2.29. The van der Waals surface area contributed by atoms with Crippen molar-refractivity contribution in [2.75, 3.05) is 6.61 Å². The molecule has 8 heteroatoms. The van der Waals surface area contributed by atoms with Gasteiger partial charge in [-0.25, -0.2) is 0 Å². The molecule has 3 atom stereocenters. The summed E-state index contributed by atoms with van der Waals surface area (Å²) in [6.45, 7) is 2.25. The van der Waals surface area contributed by atoms with Gasteiger partial charge in [0.05, 0.1) is 5.56 Å². The zero-order chi connectivity index (χ0) is 20.0. The highest BCUT2D eigenvalue weighted by atomic mass is 19.4. The minimum absolute atomic E-state index is 0.180. The summed E-state index contributed by atoms with van der Waals surface area (Å²) < 4.78 is 54.6. The zero-order valence-corrected chi connectivity index (χ0v) is 14.6. The molecule has 2 rings (SSSR count). The molecule has 0 aliphatic carbocycles. The number of benzene rings is 1. The van der Waals surface area contributed by atoms with Crippen LogP contribution in [0.5, 0.6) is 0 Å². The molecule has 0 aromatic heterocycles. The van der Waals surface area contributed by atoms with E-state index >= 15 is 0 Å². The summed E-state index contributed by atoms with van der Waals surface area (Å²) in [4.78, 5) is 22.2. The number of halogens is 3. The number of carbonyl (C=O) groups is 2. The van der Waals surface area contributed by atoms with Crippen molar-refractivity contribution >= 4 is 11.9 Å². The Morgan fingerprint density at radius 3 is 2.48 bits per heavy atom. The van der Waals surface area contributed by atoms with E-state index in [1.54, 1.807) is 0 Å². The maximum Gasteiger partial charge on any atom is 0.417 e. The van der Waals surface area contributed by atoms with Crippen LogP contribution in [-0.2, 0) is 30.0 Å². The highest BCUT2D eigenvalue weighted by Gasteiger charge is 2.33. The Kier molecular flexibility index (Phi) is 6.64. The van der Waals surface area contributed by atoms with Crippen LogP contribution in [0.2, 0.25) is 0 Å². The monoisotopic (exact) mass is 382 g/mol. The maximum absolute atomic E-state index is 13.0. The molecule has 0 bridgehead atoms. The van der Waals surface area contributed by atoms with Gasteiger partial charge in [0.15, 0.2) is 0 Å². The van der Waals surface area contributed by atoms with Gasteiger partial charge in [-0.15, -0.1) is 0 Å². The summed E-state index contributed by atoms with van der Waals surface area (Å²) >= 11 is 0. The molecule has 0 spiro atoms. The highest BCUT2D eigenvalue weighted by molar-refractivity contribution is 5.67. The molecule has 0 saturated heterocycles. The summed E-state index contributed by atoms with van der Waals surface area (Å²) in [5.74, 6) is 3.97. The molecule has 5 nitrogen and oxygen atoms in total. The van der Waals surface area contributed by atoms with Crippen molar-refractivity contribution in [3.05, 3.63) is 47.5 Å². The first kappa shape index (κ1) is 20.5. The van der Waals surface area contributed by atoms with E-state index < -0.39 is 42.0 Å². The van der Waals surface area contributed by atoms with Gasteiger partial charge in [-0.3, -0.25) is 9.59 Å². The van der Waals surface area contributed by atoms with E-state index in [0.717, 1.165) is 6.07 Å². The number of rotatable bonds is 3. The van der Waals surface area contributed by atoms with Gasteiger partial charge in [-0.1, -0.05) is 24.0 Å². The summed E-state index contributed by atoms with van der Waals surface area (Å²) in [6, 6.07) is 4.95. The Labute approximate surface area is 154 Å². The largest absolute Gasteiger partial charge is 0.463 e. The Balaban J connectivity index is 2.20. The lowest BCUT2D eigenvalue weighted by Crippen LogP contribution is -2.41. The molecule has 0 amide bonds. The van der Waals surface area contributed by atoms with Crippen LogP contribution in [0.25, 0.3) is 0 Å². The quantitative estimate of drug-likeness (QED) is 0.457. The normalized spacial score (nSPS) is 21.7. The van der Waals surface area contributed by atoms with Crippen molar-refractivity contribution in [2.24, 2.45) is 0 Å². The summed E-state index contributed by atoms with van der Waals surface area (Å²) in [5.41, 5.74) is -1.02. The van der Waals surface area contributed by atoms with Gasteiger partial charge in [-0.2, -0.15) is 13.2 Å². The third-order valence-electron chi connectivity index (χ3n) is 3.50. The van der Waals surface area contributed by atoms with Crippen molar-refractivity contribution in [1.82, 2.24) is 0 Å². The molecule has 1 aliphatic rings. The Hall–Kier alpha value is -2.79. The van der Waals surface area contributed by atoms with Gasteiger partial charge in [0.1, 0.15) is 24.9 Å². The van der Waals surface area contributed by atoms with Crippen molar-refractivity contribution < 1.29 is 37.0 Å². The predicted molar refractivity (Wildman–Crippen MR) is 88.3 cm³/mol. The third kappa shape index (κ3) is 6.15. The van der Waals surface area contributed by atoms with Crippen LogP contribution in [0.4, 0.5) is 13.2 Å². The fourth-order valence-electron chi connectivity index (χ4n) is 2.36. The van der Waals surface area contributed by atoms with Crippen LogP contribution >= 0.6 is 0 Å². The molecule has 0 radical (unpaired) electrons. The number of esters is 2. The van der Waals surface area contributed by atoms with Gasteiger partial charge in [0.25, 0.3) is 0 Å². The van der Waals surface area contributed by atoms with E-state index in [9.17, 15) is 22.8 Å². The Morgan fingerprint density at radius 2 is 1.85 bits per heavy atom. The molecule has 1 heterocycles. The van der Waals surface area contributed by atoms with Gasteiger partial charge >= 0.3 is 18.1 Å². The first-order valence-corrected chi connectivity index (χ1v) is 7.99. The third-order valence-corrected chi connectivity index (χ3v) is 3.50. The van der Waals surface area contributed by atoms with Crippen LogP contribution in [0.15, 0.2) is 36.4 Å². The second-order valence-electron chi connectivity index (χ2n) is 5.67. The molecular weight excluding hydrogens is 365 g/mol. The van der Waals surface area contributed by atoms with E-state index in [1.165, 1.54) is 44.2 Å².